The van der Waals surface area contributed by atoms with Gasteiger partial charge in [-0.05, 0) is 17.7 Å². The highest BCUT2D eigenvalue weighted by Crippen LogP contribution is 2.33. The molecule has 5 heteroatoms. The van der Waals surface area contributed by atoms with E-state index in [4.69, 9.17) is 4.74 Å². The van der Waals surface area contributed by atoms with E-state index in [-0.39, 0.29) is 11.8 Å². The third-order valence-electron chi connectivity index (χ3n) is 4.88. The van der Waals surface area contributed by atoms with Crippen LogP contribution in [0.2, 0.25) is 0 Å². The Balaban J connectivity index is 1.53. The molecule has 0 aliphatic carbocycles. The summed E-state index contributed by atoms with van der Waals surface area (Å²) in [6.07, 6.45) is 1.41. The Bertz CT molecular complexity index is 806. The number of amides is 2. The molecule has 0 saturated carbocycles. The highest BCUT2D eigenvalue weighted by Gasteiger charge is 2.42. The van der Waals surface area contributed by atoms with Gasteiger partial charge in [0.25, 0.3) is 5.91 Å². The Morgan fingerprint density at radius 3 is 2.60 bits per heavy atom. The predicted octanol–water partition coefficient (Wildman–Crippen LogP) is 2.72. The Morgan fingerprint density at radius 1 is 1.00 bits per heavy atom. The number of benzene rings is 2. The van der Waals surface area contributed by atoms with Gasteiger partial charge < -0.3 is 15.0 Å². The average molecular weight is 336 g/mol. The Labute approximate surface area is 146 Å². The quantitative estimate of drug-likeness (QED) is 0.917. The van der Waals surface area contributed by atoms with Crippen molar-refractivity contribution in [1.82, 2.24) is 10.2 Å². The molecule has 128 valence electrons. The van der Waals surface area contributed by atoms with E-state index in [1.807, 2.05) is 53.4 Å². The average Bonchev–Trinajstić information content (AvgIpc) is 2.77. The van der Waals surface area contributed by atoms with Crippen LogP contribution in [0.25, 0.3) is 0 Å². The SMILES string of the molecule is O=C1N[C@]2(CCC(=O)N(Cc3ccccc3)CC2)Oc2ccccc21. The zero-order valence-electron chi connectivity index (χ0n) is 13.9. The van der Waals surface area contributed by atoms with E-state index in [1.54, 1.807) is 6.07 Å². The molecule has 1 spiro atoms. The standard InChI is InChI=1S/C20H20N2O3/c23-18-10-11-20(12-13-22(18)14-15-6-2-1-3-7-15)21-19(24)16-8-4-5-9-17(16)25-20/h1-9H,10-14H2,(H,21,24)/t20-/m1/s1. The summed E-state index contributed by atoms with van der Waals surface area (Å²) in [4.78, 5) is 26.8. The molecule has 0 radical (unpaired) electrons. The Morgan fingerprint density at radius 2 is 1.76 bits per heavy atom. The van der Waals surface area contributed by atoms with Crippen LogP contribution < -0.4 is 10.1 Å². The lowest BCUT2D eigenvalue weighted by Gasteiger charge is -2.38. The van der Waals surface area contributed by atoms with Gasteiger partial charge in [-0.15, -0.1) is 0 Å². The summed E-state index contributed by atoms with van der Waals surface area (Å²) in [6, 6.07) is 17.2. The van der Waals surface area contributed by atoms with Crippen LogP contribution in [0.15, 0.2) is 54.6 Å². The van der Waals surface area contributed by atoms with Crippen molar-refractivity contribution in [3.05, 3.63) is 65.7 Å². The lowest BCUT2D eigenvalue weighted by molar-refractivity contribution is -0.131. The first-order valence-electron chi connectivity index (χ1n) is 8.57. The van der Waals surface area contributed by atoms with Crippen LogP contribution in [-0.4, -0.2) is 29.0 Å². The molecule has 2 amide bonds. The Kier molecular flexibility index (Phi) is 3.92. The first kappa shape index (κ1) is 15.7. The first-order chi connectivity index (χ1) is 12.2. The summed E-state index contributed by atoms with van der Waals surface area (Å²) in [5, 5.41) is 2.99. The van der Waals surface area contributed by atoms with E-state index in [2.05, 4.69) is 5.32 Å². The third-order valence-corrected chi connectivity index (χ3v) is 4.88. The van der Waals surface area contributed by atoms with E-state index in [0.717, 1.165) is 5.56 Å². The second kappa shape index (κ2) is 6.24. The summed E-state index contributed by atoms with van der Waals surface area (Å²) in [6.45, 7) is 1.14. The number of fused-ring (bicyclic) bond motifs is 1. The second-order valence-corrected chi connectivity index (χ2v) is 6.60. The van der Waals surface area contributed by atoms with Crippen molar-refractivity contribution in [2.24, 2.45) is 0 Å². The summed E-state index contributed by atoms with van der Waals surface area (Å²) in [7, 11) is 0. The van der Waals surface area contributed by atoms with Crippen molar-refractivity contribution < 1.29 is 14.3 Å². The highest BCUT2D eigenvalue weighted by atomic mass is 16.5. The molecule has 2 aromatic carbocycles. The lowest BCUT2D eigenvalue weighted by atomic mass is 10.0. The fourth-order valence-corrected chi connectivity index (χ4v) is 3.48. The Hall–Kier alpha value is -2.82. The minimum atomic E-state index is -0.799. The number of hydrogen-bond acceptors (Lipinski definition) is 3. The third kappa shape index (κ3) is 3.09. The topological polar surface area (TPSA) is 58.6 Å². The normalized spacial score (nSPS) is 22.8. The molecule has 1 atom stereocenters. The predicted molar refractivity (Wildman–Crippen MR) is 93.0 cm³/mol. The van der Waals surface area contributed by atoms with Crippen LogP contribution in [0.3, 0.4) is 0 Å². The smallest absolute Gasteiger partial charge is 0.258 e. The van der Waals surface area contributed by atoms with E-state index >= 15 is 0 Å². The summed E-state index contributed by atoms with van der Waals surface area (Å²) >= 11 is 0. The van der Waals surface area contributed by atoms with Crippen molar-refractivity contribution in [2.75, 3.05) is 6.54 Å². The summed E-state index contributed by atoms with van der Waals surface area (Å²) in [5.41, 5.74) is 0.850. The zero-order valence-corrected chi connectivity index (χ0v) is 13.9. The van der Waals surface area contributed by atoms with Crippen LogP contribution in [0.4, 0.5) is 0 Å². The molecule has 25 heavy (non-hydrogen) atoms. The molecular formula is C20H20N2O3. The second-order valence-electron chi connectivity index (χ2n) is 6.60. The van der Waals surface area contributed by atoms with Crippen LogP contribution in [0, 0.1) is 0 Å². The number of para-hydroxylation sites is 1. The van der Waals surface area contributed by atoms with Crippen molar-refractivity contribution in [3.63, 3.8) is 0 Å². The summed E-state index contributed by atoms with van der Waals surface area (Å²) in [5.74, 6) is 0.554. The van der Waals surface area contributed by atoms with Gasteiger partial charge in [0.2, 0.25) is 5.91 Å². The van der Waals surface area contributed by atoms with Gasteiger partial charge >= 0.3 is 0 Å². The molecule has 5 nitrogen and oxygen atoms in total. The number of ether oxygens (including phenoxy) is 1. The monoisotopic (exact) mass is 336 g/mol. The van der Waals surface area contributed by atoms with Gasteiger partial charge in [0.15, 0.2) is 5.72 Å². The molecule has 4 rings (SSSR count). The number of carbonyl (C=O) groups excluding carboxylic acids is 2. The maximum absolute atomic E-state index is 12.5. The van der Waals surface area contributed by atoms with Gasteiger partial charge in [-0.2, -0.15) is 0 Å². The van der Waals surface area contributed by atoms with E-state index in [0.29, 0.717) is 43.7 Å². The maximum atomic E-state index is 12.5. The highest BCUT2D eigenvalue weighted by molar-refractivity contribution is 5.98. The molecule has 0 bridgehead atoms. The minimum Gasteiger partial charge on any atom is -0.467 e. The van der Waals surface area contributed by atoms with Crippen LogP contribution in [0.1, 0.15) is 35.2 Å². The molecule has 1 saturated heterocycles. The number of carbonyl (C=O) groups is 2. The molecule has 2 aromatic rings. The molecule has 2 aliphatic rings. The molecule has 1 fully saturated rings. The van der Waals surface area contributed by atoms with E-state index in [1.165, 1.54) is 0 Å². The first-order valence-corrected chi connectivity index (χ1v) is 8.57. The van der Waals surface area contributed by atoms with Gasteiger partial charge in [0, 0.05) is 32.4 Å². The fourth-order valence-electron chi connectivity index (χ4n) is 3.48. The molecule has 2 heterocycles. The van der Waals surface area contributed by atoms with Gasteiger partial charge in [-0.1, -0.05) is 42.5 Å². The number of nitrogens with one attached hydrogen (secondary N) is 1. The van der Waals surface area contributed by atoms with E-state index < -0.39 is 5.72 Å². The minimum absolute atomic E-state index is 0.0948. The van der Waals surface area contributed by atoms with Crippen molar-refractivity contribution in [2.45, 2.75) is 31.5 Å². The van der Waals surface area contributed by atoms with Crippen molar-refractivity contribution in [3.8, 4) is 5.75 Å². The molecule has 0 aromatic heterocycles. The number of hydrogen-bond donors (Lipinski definition) is 1. The fraction of sp³-hybridized carbons (Fsp3) is 0.300. The zero-order chi connectivity index (χ0) is 17.3. The molecule has 0 unspecified atom stereocenters. The maximum Gasteiger partial charge on any atom is 0.258 e. The van der Waals surface area contributed by atoms with Gasteiger partial charge in [-0.3, -0.25) is 9.59 Å². The van der Waals surface area contributed by atoms with Crippen molar-refractivity contribution in [1.29, 1.82) is 0 Å². The number of likely N-dealkylation sites (tertiary alicyclic amines) is 1. The van der Waals surface area contributed by atoms with Crippen molar-refractivity contribution >= 4 is 11.8 Å². The number of rotatable bonds is 2. The molecule has 1 N–H and O–H groups in total. The van der Waals surface area contributed by atoms with Gasteiger partial charge in [-0.25, -0.2) is 0 Å². The van der Waals surface area contributed by atoms with Crippen LogP contribution in [0.5, 0.6) is 5.75 Å². The van der Waals surface area contributed by atoms with Gasteiger partial charge in [0.1, 0.15) is 5.75 Å². The summed E-state index contributed by atoms with van der Waals surface area (Å²) < 4.78 is 6.15. The lowest BCUT2D eigenvalue weighted by Crippen LogP contribution is -2.56. The van der Waals surface area contributed by atoms with E-state index in [9.17, 15) is 9.59 Å². The van der Waals surface area contributed by atoms with Crippen LogP contribution in [-0.2, 0) is 11.3 Å². The number of nitrogens with zero attached hydrogens (tertiary/aromatic N) is 1. The van der Waals surface area contributed by atoms with Crippen LogP contribution >= 0.6 is 0 Å². The van der Waals surface area contributed by atoms with Gasteiger partial charge in [0.05, 0.1) is 5.56 Å². The molecule has 2 aliphatic heterocycles. The molecular weight excluding hydrogens is 316 g/mol. The largest absolute Gasteiger partial charge is 0.467 e.